The van der Waals surface area contributed by atoms with Crippen molar-refractivity contribution in [3.8, 4) is 0 Å². The van der Waals surface area contributed by atoms with Gasteiger partial charge in [0, 0.05) is 0 Å². The maximum atomic E-state index is 11.0. The third-order valence-electron chi connectivity index (χ3n) is 2.98. The van der Waals surface area contributed by atoms with Crippen LogP contribution in [0.4, 0.5) is 0 Å². The second kappa shape index (κ2) is 5.52. The number of rotatable bonds is 3. The van der Waals surface area contributed by atoms with Gasteiger partial charge in [0.15, 0.2) is 6.29 Å². The van der Waals surface area contributed by atoms with Gasteiger partial charge in [-0.2, -0.15) is 0 Å². The van der Waals surface area contributed by atoms with Crippen molar-refractivity contribution in [3.05, 3.63) is 11.5 Å². The van der Waals surface area contributed by atoms with Crippen molar-refractivity contribution in [2.75, 3.05) is 6.61 Å². The summed E-state index contributed by atoms with van der Waals surface area (Å²) in [6, 6.07) is 0. The predicted octanol–water partition coefficient (Wildman–Crippen LogP) is -2.99. The minimum Gasteiger partial charge on any atom is -0.503 e. The first-order valence-corrected chi connectivity index (χ1v) is 5.66. The average molecular weight is 294 g/mol. The van der Waals surface area contributed by atoms with Gasteiger partial charge in [0.05, 0.1) is 6.61 Å². The molecule has 114 valence electrons. The van der Waals surface area contributed by atoms with Crippen LogP contribution in [-0.2, 0) is 19.0 Å². The van der Waals surface area contributed by atoms with Gasteiger partial charge in [-0.1, -0.05) is 0 Å². The molecule has 10 heteroatoms. The van der Waals surface area contributed by atoms with Gasteiger partial charge in [-0.25, -0.2) is 4.79 Å². The van der Waals surface area contributed by atoms with Gasteiger partial charge < -0.3 is 44.8 Å². The SMILES string of the molecule is O=C1O[C@H](O[C@H]2O[C@H](CO)[C@@H](O)[C@H](O)[C@H]2O)C(O)=C1O. The maximum Gasteiger partial charge on any atom is 0.379 e. The summed E-state index contributed by atoms with van der Waals surface area (Å²) in [4.78, 5) is 11.0. The lowest BCUT2D eigenvalue weighted by Gasteiger charge is -2.40. The summed E-state index contributed by atoms with van der Waals surface area (Å²) >= 11 is 0. The molecular formula is C10H14O10. The highest BCUT2D eigenvalue weighted by Gasteiger charge is 2.47. The van der Waals surface area contributed by atoms with E-state index in [9.17, 15) is 25.2 Å². The lowest BCUT2D eigenvalue weighted by molar-refractivity contribution is -0.328. The molecule has 2 aliphatic rings. The van der Waals surface area contributed by atoms with E-state index >= 15 is 0 Å². The molecule has 0 aromatic rings. The minimum absolute atomic E-state index is 0.664. The van der Waals surface area contributed by atoms with Crippen LogP contribution in [0, 0.1) is 0 Å². The van der Waals surface area contributed by atoms with Crippen LogP contribution in [0.15, 0.2) is 11.5 Å². The van der Waals surface area contributed by atoms with Gasteiger partial charge >= 0.3 is 5.97 Å². The number of carbonyl (C=O) groups excluding carboxylic acids is 1. The number of carbonyl (C=O) groups is 1. The van der Waals surface area contributed by atoms with Crippen LogP contribution in [0.2, 0.25) is 0 Å². The number of ether oxygens (including phenoxy) is 3. The molecule has 0 bridgehead atoms. The number of aliphatic hydroxyl groups is 6. The van der Waals surface area contributed by atoms with Gasteiger partial charge in [-0.15, -0.1) is 0 Å². The zero-order valence-corrected chi connectivity index (χ0v) is 9.99. The molecule has 0 aromatic carbocycles. The van der Waals surface area contributed by atoms with Crippen LogP contribution in [-0.4, -0.2) is 80.2 Å². The molecule has 2 heterocycles. The molecule has 10 nitrogen and oxygen atoms in total. The molecule has 2 rings (SSSR count). The standard InChI is InChI=1S/C10H14O10/c11-1-2-3(12)4(13)6(15)9(18-2)20-10-7(16)5(14)8(17)19-10/h2-4,6,9-16H,1H2/t2-,3-,4+,6-,9-,10-/m1/s1. The molecule has 1 saturated heterocycles. The Kier molecular flexibility index (Phi) is 4.13. The fourth-order valence-corrected chi connectivity index (χ4v) is 1.82. The maximum absolute atomic E-state index is 11.0. The van der Waals surface area contributed by atoms with Crippen LogP contribution >= 0.6 is 0 Å². The molecule has 2 aliphatic heterocycles. The number of esters is 1. The van der Waals surface area contributed by atoms with Crippen molar-refractivity contribution >= 4 is 5.97 Å². The van der Waals surface area contributed by atoms with E-state index in [0.717, 1.165) is 0 Å². The number of hydrogen-bond donors (Lipinski definition) is 6. The van der Waals surface area contributed by atoms with E-state index in [0.29, 0.717) is 0 Å². The number of cyclic esters (lactones) is 1. The highest BCUT2D eigenvalue weighted by molar-refractivity contribution is 5.88. The summed E-state index contributed by atoms with van der Waals surface area (Å²) in [5.74, 6) is -3.18. The smallest absolute Gasteiger partial charge is 0.379 e. The summed E-state index contributed by atoms with van der Waals surface area (Å²) < 4.78 is 14.3. The Hall–Kier alpha value is -1.43. The lowest BCUT2D eigenvalue weighted by atomic mass is 9.99. The Bertz CT molecular complexity index is 418. The van der Waals surface area contributed by atoms with Gasteiger partial charge in [0.1, 0.15) is 24.4 Å². The Morgan fingerprint density at radius 1 is 1.10 bits per heavy atom. The molecule has 0 unspecified atom stereocenters. The zero-order valence-electron chi connectivity index (χ0n) is 9.99. The van der Waals surface area contributed by atoms with Crippen molar-refractivity contribution < 1.29 is 49.6 Å². The second-order valence-electron chi connectivity index (χ2n) is 4.30. The largest absolute Gasteiger partial charge is 0.503 e. The quantitative estimate of drug-likeness (QED) is 0.295. The third-order valence-corrected chi connectivity index (χ3v) is 2.98. The van der Waals surface area contributed by atoms with E-state index in [1.807, 2.05) is 0 Å². The number of hydrogen-bond acceptors (Lipinski definition) is 10. The van der Waals surface area contributed by atoms with E-state index < -0.39 is 61.1 Å². The fraction of sp³-hybridized carbons (Fsp3) is 0.700. The predicted molar refractivity (Wildman–Crippen MR) is 57.0 cm³/mol. The molecule has 0 aliphatic carbocycles. The van der Waals surface area contributed by atoms with Crippen LogP contribution in [0.3, 0.4) is 0 Å². The number of aliphatic hydroxyl groups excluding tert-OH is 6. The van der Waals surface area contributed by atoms with Crippen molar-refractivity contribution in [2.45, 2.75) is 37.0 Å². The van der Waals surface area contributed by atoms with Crippen LogP contribution in [0.1, 0.15) is 0 Å². The van der Waals surface area contributed by atoms with Crippen molar-refractivity contribution in [3.63, 3.8) is 0 Å². The van der Waals surface area contributed by atoms with E-state index in [1.54, 1.807) is 0 Å². The summed E-state index contributed by atoms with van der Waals surface area (Å²) in [5, 5.41) is 56.1. The van der Waals surface area contributed by atoms with Crippen LogP contribution in [0.25, 0.3) is 0 Å². The molecule has 0 amide bonds. The van der Waals surface area contributed by atoms with E-state index in [1.165, 1.54) is 0 Å². The monoisotopic (exact) mass is 294 g/mol. The topological polar surface area (TPSA) is 166 Å². The van der Waals surface area contributed by atoms with Gasteiger partial charge in [-0.3, -0.25) is 0 Å². The Morgan fingerprint density at radius 3 is 2.25 bits per heavy atom. The molecule has 0 aromatic heterocycles. The zero-order chi connectivity index (χ0) is 15.0. The Labute approximate surface area is 112 Å². The third kappa shape index (κ3) is 2.44. The molecule has 1 fully saturated rings. The Morgan fingerprint density at radius 2 is 1.75 bits per heavy atom. The molecule has 0 saturated carbocycles. The minimum atomic E-state index is -1.72. The fourth-order valence-electron chi connectivity index (χ4n) is 1.82. The van der Waals surface area contributed by atoms with Crippen molar-refractivity contribution in [1.29, 1.82) is 0 Å². The van der Waals surface area contributed by atoms with Crippen LogP contribution < -0.4 is 0 Å². The second-order valence-corrected chi connectivity index (χ2v) is 4.30. The van der Waals surface area contributed by atoms with E-state index in [-0.39, 0.29) is 0 Å². The van der Waals surface area contributed by atoms with E-state index in [2.05, 4.69) is 4.74 Å². The summed E-state index contributed by atoms with van der Waals surface area (Å²) in [6.07, 6.45) is -9.50. The first-order chi connectivity index (χ1) is 9.36. The van der Waals surface area contributed by atoms with Crippen LogP contribution in [0.5, 0.6) is 0 Å². The highest BCUT2D eigenvalue weighted by atomic mass is 16.8. The normalized spacial score (nSPS) is 41.9. The molecule has 6 atom stereocenters. The lowest BCUT2D eigenvalue weighted by Crippen LogP contribution is -2.59. The van der Waals surface area contributed by atoms with Crippen molar-refractivity contribution in [2.24, 2.45) is 0 Å². The first-order valence-electron chi connectivity index (χ1n) is 5.66. The van der Waals surface area contributed by atoms with E-state index in [4.69, 9.17) is 19.7 Å². The van der Waals surface area contributed by atoms with Gasteiger partial charge in [0.25, 0.3) is 6.29 Å². The first kappa shape index (κ1) is 15.0. The summed E-state index contributed by atoms with van der Waals surface area (Å²) in [7, 11) is 0. The molecule has 0 radical (unpaired) electrons. The molecule has 20 heavy (non-hydrogen) atoms. The van der Waals surface area contributed by atoms with Crippen molar-refractivity contribution in [1.82, 2.24) is 0 Å². The highest BCUT2D eigenvalue weighted by Crippen LogP contribution is 2.27. The average Bonchev–Trinajstić information content (AvgIpc) is 2.67. The Balaban J connectivity index is 2.08. The van der Waals surface area contributed by atoms with Gasteiger partial charge in [-0.05, 0) is 0 Å². The van der Waals surface area contributed by atoms with Gasteiger partial charge in [0.2, 0.25) is 11.5 Å². The summed E-state index contributed by atoms with van der Waals surface area (Å²) in [5.41, 5.74) is 0. The summed E-state index contributed by atoms with van der Waals surface area (Å²) in [6.45, 7) is -0.664. The molecule has 0 spiro atoms. The molecular weight excluding hydrogens is 280 g/mol. The molecule has 6 N–H and O–H groups in total.